The summed E-state index contributed by atoms with van der Waals surface area (Å²) in [6.07, 6.45) is 3.55. The van der Waals surface area contributed by atoms with E-state index in [0.29, 0.717) is 0 Å². The van der Waals surface area contributed by atoms with Crippen molar-refractivity contribution in [2.24, 2.45) is 0 Å². The quantitative estimate of drug-likeness (QED) is 0.644. The Morgan fingerprint density at radius 3 is 2.40 bits per heavy atom. The summed E-state index contributed by atoms with van der Waals surface area (Å²) in [5.74, 6) is 0. The highest BCUT2D eigenvalue weighted by atomic mass is 32.2. The lowest BCUT2D eigenvalue weighted by Crippen LogP contribution is -2.45. The van der Waals surface area contributed by atoms with Gasteiger partial charge >= 0.3 is 0 Å². The molecule has 0 bridgehead atoms. The molecule has 0 radical (unpaired) electrons. The number of aliphatic hydroxyl groups excluding tert-OH is 1. The average molecular weight is 294 g/mol. The summed E-state index contributed by atoms with van der Waals surface area (Å²) in [7, 11) is 4.08. The van der Waals surface area contributed by atoms with Crippen LogP contribution in [-0.4, -0.2) is 60.1 Å². The fourth-order valence-electron chi connectivity index (χ4n) is 2.66. The van der Waals surface area contributed by atoms with Gasteiger partial charge in [0.2, 0.25) is 0 Å². The number of likely N-dealkylation sites (N-methyl/N-ethyl adjacent to an activating group) is 1. The van der Waals surface area contributed by atoms with Crippen LogP contribution >= 0.6 is 11.8 Å². The van der Waals surface area contributed by atoms with Gasteiger partial charge in [-0.3, -0.25) is 4.90 Å². The van der Waals surface area contributed by atoms with Crippen molar-refractivity contribution >= 4 is 11.8 Å². The van der Waals surface area contributed by atoms with Crippen molar-refractivity contribution in [3.05, 3.63) is 30.3 Å². The zero-order valence-corrected chi connectivity index (χ0v) is 13.4. The van der Waals surface area contributed by atoms with Crippen LogP contribution in [0.2, 0.25) is 0 Å². The van der Waals surface area contributed by atoms with E-state index < -0.39 is 0 Å². The van der Waals surface area contributed by atoms with Gasteiger partial charge in [-0.15, -0.1) is 11.8 Å². The van der Waals surface area contributed by atoms with E-state index in [4.69, 9.17) is 0 Å². The number of hydrogen-bond donors (Lipinski definition) is 1. The molecule has 0 amide bonds. The van der Waals surface area contributed by atoms with E-state index in [1.807, 2.05) is 32.3 Å². The van der Waals surface area contributed by atoms with E-state index in [-0.39, 0.29) is 11.5 Å². The fourth-order valence-corrected chi connectivity index (χ4v) is 3.71. The Kier molecular flexibility index (Phi) is 6.36. The molecule has 1 heterocycles. The van der Waals surface area contributed by atoms with Crippen LogP contribution in [0, 0.1) is 0 Å². The summed E-state index contributed by atoms with van der Waals surface area (Å²) in [5.41, 5.74) is 0. The Morgan fingerprint density at radius 2 is 1.80 bits per heavy atom. The summed E-state index contributed by atoms with van der Waals surface area (Å²) in [6, 6.07) is 10.3. The number of piperidine rings is 1. The van der Waals surface area contributed by atoms with E-state index in [2.05, 4.69) is 21.9 Å². The average Bonchev–Trinajstić information content (AvgIpc) is 2.46. The SMILES string of the molecule is CN(C)C(Sc1ccccc1)C(O)CN1CCCCC1. The summed E-state index contributed by atoms with van der Waals surface area (Å²) in [5, 5.41) is 10.7. The topological polar surface area (TPSA) is 26.7 Å². The molecule has 4 heteroatoms. The van der Waals surface area contributed by atoms with E-state index >= 15 is 0 Å². The minimum Gasteiger partial charge on any atom is -0.389 e. The highest BCUT2D eigenvalue weighted by Gasteiger charge is 2.25. The highest BCUT2D eigenvalue weighted by Crippen LogP contribution is 2.27. The number of thioether (sulfide) groups is 1. The van der Waals surface area contributed by atoms with E-state index in [0.717, 1.165) is 19.6 Å². The number of aliphatic hydroxyl groups is 1. The maximum Gasteiger partial charge on any atom is 0.0918 e. The number of nitrogens with zero attached hydrogens (tertiary/aromatic N) is 2. The molecule has 1 aliphatic rings. The first-order chi connectivity index (χ1) is 9.66. The lowest BCUT2D eigenvalue weighted by molar-refractivity contribution is 0.0688. The predicted molar refractivity (Wildman–Crippen MR) is 86.1 cm³/mol. The molecule has 112 valence electrons. The second kappa shape index (κ2) is 8.03. The minimum atomic E-state index is -0.326. The summed E-state index contributed by atoms with van der Waals surface area (Å²) in [4.78, 5) is 5.73. The summed E-state index contributed by atoms with van der Waals surface area (Å²) < 4.78 is 0. The van der Waals surface area contributed by atoms with Gasteiger partial charge in [-0.2, -0.15) is 0 Å². The van der Waals surface area contributed by atoms with Crippen LogP contribution in [0.15, 0.2) is 35.2 Å². The van der Waals surface area contributed by atoms with Crippen LogP contribution in [0.5, 0.6) is 0 Å². The van der Waals surface area contributed by atoms with Crippen molar-refractivity contribution in [1.29, 1.82) is 0 Å². The Morgan fingerprint density at radius 1 is 1.15 bits per heavy atom. The predicted octanol–water partition coefficient (Wildman–Crippen LogP) is 2.51. The molecule has 1 saturated heterocycles. The van der Waals surface area contributed by atoms with Gasteiger partial charge in [-0.05, 0) is 52.2 Å². The van der Waals surface area contributed by atoms with Gasteiger partial charge in [0.15, 0.2) is 0 Å². The van der Waals surface area contributed by atoms with Crippen LogP contribution in [0.4, 0.5) is 0 Å². The molecule has 1 N–H and O–H groups in total. The maximum absolute atomic E-state index is 10.6. The Labute approximate surface area is 127 Å². The minimum absolute atomic E-state index is 0.0966. The van der Waals surface area contributed by atoms with E-state index in [9.17, 15) is 5.11 Å². The third-order valence-electron chi connectivity index (χ3n) is 3.73. The molecule has 0 aliphatic carbocycles. The molecule has 1 aliphatic heterocycles. The van der Waals surface area contributed by atoms with Gasteiger partial charge in [0.05, 0.1) is 11.5 Å². The molecule has 1 aromatic rings. The van der Waals surface area contributed by atoms with Crippen LogP contribution in [-0.2, 0) is 0 Å². The van der Waals surface area contributed by atoms with Crippen molar-refractivity contribution in [1.82, 2.24) is 9.80 Å². The van der Waals surface area contributed by atoms with Crippen LogP contribution in [0.1, 0.15) is 19.3 Å². The smallest absolute Gasteiger partial charge is 0.0918 e. The second-order valence-corrected chi connectivity index (χ2v) is 6.90. The molecular weight excluding hydrogens is 268 g/mol. The molecule has 2 rings (SSSR count). The summed E-state index contributed by atoms with van der Waals surface area (Å²) >= 11 is 1.74. The molecule has 2 atom stereocenters. The van der Waals surface area contributed by atoms with Gasteiger partial charge < -0.3 is 10.0 Å². The van der Waals surface area contributed by atoms with Gasteiger partial charge in [0.1, 0.15) is 0 Å². The largest absolute Gasteiger partial charge is 0.389 e. The third kappa shape index (κ3) is 4.77. The molecular formula is C16H26N2OS. The third-order valence-corrected chi connectivity index (χ3v) is 5.25. The molecule has 0 spiro atoms. The standard InChI is InChI=1S/C16H26N2OS/c1-17(2)16(20-14-9-5-3-6-10-14)15(19)13-18-11-7-4-8-12-18/h3,5-6,9-10,15-16,19H,4,7-8,11-13H2,1-2H3. The lowest BCUT2D eigenvalue weighted by atomic mass is 10.1. The molecule has 20 heavy (non-hydrogen) atoms. The first-order valence-electron chi connectivity index (χ1n) is 7.45. The fraction of sp³-hybridized carbons (Fsp3) is 0.625. The van der Waals surface area contributed by atoms with Gasteiger partial charge in [0, 0.05) is 11.4 Å². The number of likely N-dealkylation sites (tertiary alicyclic amines) is 1. The number of benzene rings is 1. The second-order valence-electron chi connectivity index (χ2n) is 5.71. The van der Waals surface area contributed by atoms with Crippen LogP contribution in [0.25, 0.3) is 0 Å². The zero-order chi connectivity index (χ0) is 14.4. The van der Waals surface area contributed by atoms with Crippen molar-refractivity contribution in [3.63, 3.8) is 0 Å². The van der Waals surface area contributed by atoms with Crippen molar-refractivity contribution < 1.29 is 5.11 Å². The van der Waals surface area contributed by atoms with Gasteiger partial charge in [-0.1, -0.05) is 24.6 Å². The molecule has 3 nitrogen and oxygen atoms in total. The summed E-state index contributed by atoms with van der Waals surface area (Å²) in [6.45, 7) is 3.04. The van der Waals surface area contributed by atoms with E-state index in [1.165, 1.54) is 24.2 Å². The first-order valence-corrected chi connectivity index (χ1v) is 8.33. The number of β-amino-alcohol motifs (C(OH)–C–C–N with tert-alkyl or cyclic N) is 1. The Hall–Kier alpha value is -0.550. The zero-order valence-electron chi connectivity index (χ0n) is 12.5. The maximum atomic E-state index is 10.6. The van der Waals surface area contributed by atoms with Gasteiger partial charge in [0.25, 0.3) is 0 Å². The molecule has 1 aromatic carbocycles. The monoisotopic (exact) mass is 294 g/mol. The van der Waals surface area contributed by atoms with Crippen LogP contribution in [0.3, 0.4) is 0 Å². The van der Waals surface area contributed by atoms with Crippen molar-refractivity contribution in [2.75, 3.05) is 33.7 Å². The van der Waals surface area contributed by atoms with Crippen molar-refractivity contribution in [2.45, 2.75) is 35.6 Å². The molecule has 2 unspecified atom stereocenters. The van der Waals surface area contributed by atoms with Crippen molar-refractivity contribution in [3.8, 4) is 0 Å². The molecule has 0 saturated carbocycles. The first kappa shape index (κ1) is 15.8. The van der Waals surface area contributed by atoms with Crippen LogP contribution < -0.4 is 0 Å². The Balaban J connectivity index is 1.93. The molecule has 1 fully saturated rings. The van der Waals surface area contributed by atoms with Gasteiger partial charge in [-0.25, -0.2) is 0 Å². The number of rotatable bonds is 6. The number of hydrogen-bond acceptors (Lipinski definition) is 4. The highest BCUT2D eigenvalue weighted by molar-refractivity contribution is 8.00. The molecule has 0 aromatic heterocycles. The Bertz CT molecular complexity index is 379. The normalized spacial score (nSPS) is 20.0. The lowest BCUT2D eigenvalue weighted by Gasteiger charge is -2.34. The van der Waals surface area contributed by atoms with E-state index in [1.54, 1.807) is 11.8 Å².